The Balaban J connectivity index is 0.000000770. The highest BCUT2D eigenvalue weighted by Crippen LogP contribution is 2.32. The summed E-state index contributed by atoms with van der Waals surface area (Å²) in [4.78, 5) is 0. The molecule has 1 aromatic rings. The van der Waals surface area contributed by atoms with Gasteiger partial charge in [0.1, 0.15) is 0 Å². The maximum atomic E-state index is 7.00. The van der Waals surface area contributed by atoms with Crippen molar-refractivity contribution in [3.63, 3.8) is 0 Å². The first-order valence-electron chi connectivity index (χ1n) is 5.23. The van der Waals surface area contributed by atoms with Crippen molar-refractivity contribution in [1.29, 1.82) is 0 Å². The summed E-state index contributed by atoms with van der Waals surface area (Å²) in [5.41, 5.74) is 1.38. The highest BCUT2D eigenvalue weighted by atomic mass is 16.5. The predicted molar refractivity (Wildman–Crippen MR) is 68.4 cm³/mol. The number of hydrogen-bond donors (Lipinski definition) is 2. The summed E-state index contributed by atoms with van der Waals surface area (Å²) in [7, 11) is 3.30. The highest BCUT2D eigenvalue weighted by Gasteiger charge is 2.15. The molecule has 1 radical (unpaired) electrons. The Kier molecular flexibility index (Phi) is 6.69. The second kappa shape index (κ2) is 7.19. The number of ether oxygens (including phenoxy) is 2. The fraction of sp³-hybridized carbons (Fsp3) is 0.500. The van der Waals surface area contributed by atoms with Gasteiger partial charge in [0.2, 0.25) is 0 Å². The molecule has 0 saturated heterocycles. The van der Waals surface area contributed by atoms with Crippen molar-refractivity contribution in [3.8, 4) is 11.5 Å². The molecule has 2 N–H and O–H groups in total. The Morgan fingerprint density at radius 2 is 1.47 bits per heavy atom. The van der Waals surface area contributed by atoms with Crippen molar-refractivity contribution in [3.05, 3.63) is 23.8 Å². The van der Waals surface area contributed by atoms with Gasteiger partial charge < -0.3 is 19.5 Å². The minimum atomic E-state index is 0. The lowest BCUT2D eigenvalue weighted by Gasteiger charge is -2.20. The first kappa shape index (κ1) is 15.8. The van der Waals surface area contributed by atoms with E-state index in [0.717, 1.165) is 11.5 Å². The Bertz CT molecular complexity index is 334. The van der Waals surface area contributed by atoms with Gasteiger partial charge in [0.25, 0.3) is 0 Å². The molecular formula is C12H20BO4. The van der Waals surface area contributed by atoms with Gasteiger partial charge in [0, 0.05) is 0 Å². The molecule has 0 bridgehead atoms. The molecule has 0 fully saturated rings. The van der Waals surface area contributed by atoms with E-state index in [1.54, 1.807) is 14.2 Å². The van der Waals surface area contributed by atoms with E-state index >= 15 is 0 Å². The minimum Gasteiger partial charge on any atom is -0.493 e. The van der Waals surface area contributed by atoms with Crippen LogP contribution in [0.15, 0.2) is 18.2 Å². The van der Waals surface area contributed by atoms with Gasteiger partial charge in [-0.2, -0.15) is 0 Å². The van der Waals surface area contributed by atoms with E-state index in [-0.39, 0.29) is 13.1 Å². The zero-order chi connectivity index (χ0) is 13.5. The Morgan fingerprint density at radius 3 is 1.82 bits per heavy atom. The molecule has 0 aliphatic rings. The monoisotopic (exact) mass is 239 g/mol. The molecule has 17 heavy (non-hydrogen) atoms. The standard InChI is InChI=1S/C12H18O2.BH2O2/c1-12(2,3)9-6-7-10(13-4)11(8-9)14-5;2-1-3/h6-8H,1-5H3;2-3H. The normalized spacial score (nSPS) is 10.1. The van der Waals surface area contributed by atoms with E-state index in [1.807, 2.05) is 12.1 Å². The Morgan fingerprint density at radius 1 is 1.00 bits per heavy atom. The van der Waals surface area contributed by atoms with Gasteiger partial charge in [-0.1, -0.05) is 26.8 Å². The third-order valence-corrected chi connectivity index (χ3v) is 2.25. The van der Waals surface area contributed by atoms with Crippen molar-refractivity contribution in [2.45, 2.75) is 26.2 Å². The number of methoxy groups -OCH3 is 2. The summed E-state index contributed by atoms with van der Waals surface area (Å²) in [5.74, 6) is 1.57. The lowest BCUT2D eigenvalue weighted by molar-refractivity contribution is 0.353. The zero-order valence-electron chi connectivity index (χ0n) is 11.0. The smallest absolute Gasteiger partial charge is 0.482 e. The van der Waals surface area contributed by atoms with E-state index in [1.165, 1.54) is 5.56 Å². The van der Waals surface area contributed by atoms with Crippen LogP contribution in [-0.4, -0.2) is 32.0 Å². The topological polar surface area (TPSA) is 58.9 Å². The van der Waals surface area contributed by atoms with Crippen LogP contribution in [0.1, 0.15) is 26.3 Å². The molecule has 0 atom stereocenters. The first-order valence-corrected chi connectivity index (χ1v) is 5.23. The van der Waals surface area contributed by atoms with Crippen molar-refractivity contribution in [2.75, 3.05) is 14.2 Å². The van der Waals surface area contributed by atoms with Gasteiger partial charge in [-0.15, -0.1) is 0 Å². The van der Waals surface area contributed by atoms with E-state index < -0.39 is 0 Å². The van der Waals surface area contributed by atoms with Gasteiger partial charge >= 0.3 is 7.69 Å². The summed E-state index contributed by atoms with van der Waals surface area (Å²) < 4.78 is 10.4. The molecule has 0 spiro atoms. The Labute approximate surface area is 103 Å². The van der Waals surface area contributed by atoms with E-state index in [9.17, 15) is 0 Å². The number of rotatable bonds is 2. The van der Waals surface area contributed by atoms with Crippen LogP contribution in [0.25, 0.3) is 0 Å². The average molecular weight is 239 g/mol. The van der Waals surface area contributed by atoms with Crippen LogP contribution in [0.3, 0.4) is 0 Å². The SMILES string of the molecule is COc1ccc(C(C)(C)C)cc1OC.O[B]O. The largest absolute Gasteiger partial charge is 0.493 e. The molecule has 0 aliphatic carbocycles. The summed E-state index contributed by atoms with van der Waals surface area (Å²) in [6.07, 6.45) is 0. The van der Waals surface area contributed by atoms with Crippen LogP contribution in [0.5, 0.6) is 11.5 Å². The summed E-state index contributed by atoms with van der Waals surface area (Å²) >= 11 is 0. The highest BCUT2D eigenvalue weighted by molar-refractivity contribution is 6.13. The third-order valence-electron chi connectivity index (χ3n) is 2.25. The molecule has 0 saturated carbocycles. The number of hydrogen-bond acceptors (Lipinski definition) is 4. The van der Waals surface area contributed by atoms with Crippen LogP contribution in [-0.2, 0) is 5.41 Å². The maximum Gasteiger partial charge on any atom is 0.482 e. The zero-order valence-corrected chi connectivity index (χ0v) is 11.0. The second-order valence-electron chi connectivity index (χ2n) is 4.44. The summed E-state index contributed by atoms with van der Waals surface area (Å²) in [6.45, 7) is 6.52. The molecule has 1 rings (SSSR count). The van der Waals surface area contributed by atoms with E-state index in [4.69, 9.17) is 19.5 Å². The minimum absolute atomic E-state index is 0. The van der Waals surface area contributed by atoms with Gasteiger partial charge in [-0.05, 0) is 23.1 Å². The Hall–Kier alpha value is -1.20. The first-order chi connectivity index (χ1) is 7.90. The molecule has 95 valence electrons. The number of benzene rings is 1. The molecule has 0 aromatic heterocycles. The van der Waals surface area contributed by atoms with Crippen molar-refractivity contribution in [1.82, 2.24) is 0 Å². The summed E-state index contributed by atoms with van der Waals surface area (Å²) in [5, 5.41) is 14.0. The van der Waals surface area contributed by atoms with Crippen LogP contribution in [0, 0.1) is 0 Å². The van der Waals surface area contributed by atoms with Gasteiger partial charge in [0.05, 0.1) is 14.2 Å². The fourth-order valence-electron chi connectivity index (χ4n) is 1.30. The molecule has 0 aliphatic heterocycles. The van der Waals surface area contributed by atoms with Gasteiger partial charge in [-0.3, -0.25) is 0 Å². The van der Waals surface area contributed by atoms with Crippen LogP contribution >= 0.6 is 0 Å². The average Bonchev–Trinajstić information content (AvgIpc) is 2.28. The maximum absolute atomic E-state index is 7.00. The van der Waals surface area contributed by atoms with Gasteiger partial charge in [-0.25, -0.2) is 0 Å². The molecular weight excluding hydrogens is 219 g/mol. The van der Waals surface area contributed by atoms with Crippen molar-refractivity contribution >= 4 is 7.69 Å². The molecule has 0 heterocycles. The van der Waals surface area contributed by atoms with Crippen LogP contribution in [0.4, 0.5) is 0 Å². The lowest BCUT2D eigenvalue weighted by atomic mass is 9.87. The van der Waals surface area contributed by atoms with E-state index in [2.05, 4.69) is 26.8 Å². The third kappa shape index (κ3) is 5.11. The molecule has 5 heteroatoms. The fourth-order valence-corrected chi connectivity index (χ4v) is 1.30. The molecule has 4 nitrogen and oxygen atoms in total. The van der Waals surface area contributed by atoms with Gasteiger partial charge in [0.15, 0.2) is 11.5 Å². The van der Waals surface area contributed by atoms with Crippen LogP contribution in [0.2, 0.25) is 0 Å². The summed E-state index contributed by atoms with van der Waals surface area (Å²) in [6, 6.07) is 6.04. The molecule has 1 aromatic carbocycles. The van der Waals surface area contributed by atoms with Crippen molar-refractivity contribution < 1.29 is 19.5 Å². The van der Waals surface area contributed by atoms with Crippen LogP contribution < -0.4 is 9.47 Å². The predicted octanol–water partition coefficient (Wildman–Crippen LogP) is 1.51. The molecule has 0 amide bonds. The quantitative estimate of drug-likeness (QED) is 0.768. The van der Waals surface area contributed by atoms with Crippen molar-refractivity contribution in [2.24, 2.45) is 0 Å². The molecule has 0 unspecified atom stereocenters. The van der Waals surface area contributed by atoms with E-state index in [0.29, 0.717) is 0 Å². The lowest BCUT2D eigenvalue weighted by Crippen LogP contribution is -2.11. The second-order valence-corrected chi connectivity index (χ2v) is 4.44.